The van der Waals surface area contributed by atoms with Gasteiger partial charge in [-0.2, -0.15) is 41.9 Å². The third-order valence-electron chi connectivity index (χ3n) is 4.10. The summed E-state index contributed by atoms with van der Waals surface area (Å²) in [6.45, 7) is -0.714. The molecule has 0 saturated heterocycles. The summed E-state index contributed by atoms with van der Waals surface area (Å²) < 4.78 is 83.6. The molecule has 3 rings (SSSR count). The highest BCUT2D eigenvalue weighted by Gasteiger charge is 2.37. The first-order chi connectivity index (χ1) is 14.6. The maximum Gasteiger partial charge on any atom is 0.416 e. The molecule has 0 radical (unpaired) electrons. The highest BCUT2D eigenvalue weighted by atomic mass is 19.4. The quantitative estimate of drug-likeness (QED) is 0.537. The molecule has 3 aromatic rings. The standard InChI is InChI=1S/C20H12F6N4O/c21-19(22,23)14-5-6-16(20(24,25)26)13(9-14)11-31-15-3-1-2-12(8-15)4-7-17-18(10-27)29-30-28-17/h1-9H,11H2,(H,28,29,30)/b7-4+. The lowest BCUT2D eigenvalue weighted by Crippen LogP contribution is -2.14. The Labute approximate surface area is 171 Å². The Kier molecular flexibility index (Phi) is 6.01. The SMILES string of the molecule is N#Cc1n[nH]nc1/C=C/c1cccc(OCc2cc(C(F)(F)F)ccc2C(F)(F)F)c1. The number of H-pyrrole nitrogens is 1. The molecule has 31 heavy (non-hydrogen) atoms. The van der Waals surface area contributed by atoms with Crippen molar-refractivity contribution in [3.63, 3.8) is 0 Å². The van der Waals surface area contributed by atoms with Crippen LogP contribution in [0.15, 0.2) is 42.5 Å². The van der Waals surface area contributed by atoms with Gasteiger partial charge in [0.15, 0.2) is 5.69 Å². The average Bonchev–Trinajstić information content (AvgIpc) is 3.17. The lowest BCUT2D eigenvalue weighted by molar-refractivity contribution is -0.142. The maximum atomic E-state index is 13.2. The largest absolute Gasteiger partial charge is 0.489 e. The van der Waals surface area contributed by atoms with Gasteiger partial charge in [0, 0.05) is 5.56 Å². The topological polar surface area (TPSA) is 74.6 Å². The number of benzene rings is 2. The highest BCUT2D eigenvalue weighted by Crippen LogP contribution is 2.37. The number of nitrogens with zero attached hydrogens (tertiary/aromatic N) is 3. The highest BCUT2D eigenvalue weighted by molar-refractivity contribution is 5.70. The van der Waals surface area contributed by atoms with E-state index >= 15 is 0 Å². The van der Waals surface area contributed by atoms with Gasteiger partial charge < -0.3 is 4.74 Å². The number of alkyl halides is 6. The van der Waals surface area contributed by atoms with Gasteiger partial charge in [-0.1, -0.05) is 18.2 Å². The Morgan fingerprint density at radius 2 is 1.74 bits per heavy atom. The van der Waals surface area contributed by atoms with Crippen LogP contribution in [0.4, 0.5) is 26.3 Å². The molecule has 0 aliphatic carbocycles. The molecule has 0 unspecified atom stereocenters. The molecule has 2 aromatic carbocycles. The molecular formula is C20H12F6N4O. The zero-order chi connectivity index (χ0) is 22.6. The number of aromatic nitrogens is 3. The second-order valence-corrected chi connectivity index (χ2v) is 6.23. The minimum atomic E-state index is -4.83. The van der Waals surface area contributed by atoms with Crippen molar-refractivity contribution in [1.82, 2.24) is 15.4 Å². The van der Waals surface area contributed by atoms with E-state index in [4.69, 9.17) is 10.00 Å². The molecule has 0 fully saturated rings. The van der Waals surface area contributed by atoms with E-state index in [1.54, 1.807) is 18.2 Å². The van der Waals surface area contributed by atoms with Gasteiger partial charge in [0.1, 0.15) is 24.1 Å². The summed E-state index contributed by atoms with van der Waals surface area (Å²) in [5.41, 5.74) is -2.11. The van der Waals surface area contributed by atoms with Gasteiger partial charge in [-0.05, 0) is 42.0 Å². The molecule has 0 amide bonds. The molecule has 0 atom stereocenters. The lowest BCUT2D eigenvalue weighted by atomic mass is 10.0. The van der Waals surface area contributed by atoms with Gasteiger partial charge in [0.2, 0.25) is 0 Å². The number of halogens is 6. The Bertz CT molecular complexity index is 1140. The summed E-state index contributed by atoms with van der Waals surface area (Å²) in [4.78, 5) is 0. The molecule has 11 heteroatoms. The van der Waals surface area contributed by atoms with Crippen molar-refractivity contribution in [2.75, 3.05) is 0 Å². The molecular weight excluding hydrogens is 426 g/mol. The van der Waals surface area contributed by atoms with Crippen LogP contribution in [0.25, 0.3) is 12.2 Å². The van der Waals surface area contributed by atoms with Gasteiger partial charge in [0.05, 0.1) is 11.1 Å². The first kappa shape index (κ1) is 21.9. The molecule has 1 N–H and O–H groups in total. The summed E-state index contributed by atoms with van der Waals surface area (Å²) in [5.74, 6) is 0.147. The normalized spacial score (nSPS) is 12.2. The third-order valence-corrected chi connectivity index (χ3v) is 4.10. The number of ether oxygens (including phenoxy) is 1. The molecule has 5 nitrogen and oxygen atoms in total. The zero-order valence-electron chi connectivity index (χ0n) is 15.4. The van der Waals surface area contributed by atoms with Crippen LogP contribution in [-0.4, -0.2) is 15.4 Å². The number of rotatable bonds is 5. The van der Waals surface area contributed by atoms with Crippen LogP contribution in [0.1, 0.15) is 33.6 Å². The number of hydrogen-bond donors (Lipinski definition) is 1. The third kappa shape index (κ3) is 5.42. The number of hydrogen-bond acceptors (Lipinski definition) is 4. The van der Waals surface area contributed by atoms with Gasteiger partial charge in [0.25, 0.3) is 0 Å². The Hall–Kier alpha value is -3.81. The first-order valence-electron chi connectivity index (χ1n) is 8.57. The van der Waals surface area contributed by atoms with Crippen molar-refractivity contribution in [3.8, 4) is 11.8 Å². The van der Waals surface area contributed by atoms with E-state index in [0.717, 1.165) is 0 Å². The Morgan fingerprint density at radius 1 is 0.968 bits per heavy atom. The van der Waals surface area contributed by atoms with E-state index in [9.17, 15) is 26.3 Å². The monoisotopic (exact) mass is 438 g/mol. The molecule has 0 aliphatic heterocycles. The van der Waals surface area contributed by atoms with Crippen LogP contribution < -0.4 is 4.74 Å². The molecule has 160 valence electrons. The smallest absolute Gasteiger partial charge is 0.416 e. The van der Waals surface area contributed by atoms with Crippen molar-refractivity contribution < 1.29 is 31.1 Å². The number of aromatic amines is 1. The molecule has 1 aromatic heterocycles. The van der Waals surface area contributed by atoms with Gasteiger partial charge in [-0.25, -0.2) is 0 Å². The predicted octanol–water partition coefficient (Wildman–Crippen LogP) is 5.46. The van der Waals surface area contributed by atoms with Crippen molar-refractivity contribution in [3.05, 3.63) is 76.1 Å². The molecule has 1 heterocycles. The van der Waals surface area contributed by atoms with Crippen molar-refractivity contribution in [2.45, 2.75) is 19.0 Å². The summed E-state index contributed by atoms with van der Waals surface area (Å²) in [6.07, 6.45) is -6.55. The molecule has 0 bridgehead atoms. The van der Waals surface area contributed by atoms with E-state index in [1.807, 2.05) is 6.07 Å². The molecule has 0 saturated carbocycles. The van der Waals surface area contributed by atoms with Gasteiger partial charge in [-0.3, -0.25) is 0 Å². The maximum absolute atomic E-state index is 13.2. The lowest BCUT2D eigenvalue weighted by Gasteiger charge is -2.16. The van der Waals surface area contributed by atoms with Crippen LogP contribution >= 0.6 is 0 Å². The van der Waals surface area contributed by atoms with Crippen LogP contribution in [0.2, 0.25) is 0 Å². The Balaban J connectivity index is 1.81. The molecule has 0 spiro atoms. The fourth-order valence-corrected chi connectivity index (χ4v) is 2.65. The van der Waals surface area contributed by atoms with E-state index < -0.39 is 35.6 Å². The fraction of sp³-hybridized carbons (Fsp3) is 0.150. The number of nitrogens with one attached hydrogen (secondary N) is 1. The summed E-state index contributed by atoms with van der Waals surface area (Å²) in [6, 6.07) is 9.19. The van der Waals surface area contributed by atoms with Crippen LogP contribution in [0.5, 0.6) is 5.75 Å². The second-order valence-electron chi connectivity index (χ2n) is 6.23. The zero-order valence-corrected chi connectivity index (χ0v) is 15.4. The van der Waals surface area contributed by atoms with E-state index in [1.165, 1.54) is 18.2 Å². The predicted molar refractivity (Wildman–Crippen MR) is 97.2 cm³/mol. The van der Waals surface area contributed by atoms with Gasteiger partial charge in [-0.15, -0.1) is 5.10 Å². The fourth-order valence-electron chi connectivity index (χ4n) is 2.65. The summed E-state index contributed by atoms with van der Waals surface area (Å²) in [7, 11) is 0. The van der Waals surface area contributed by atoms with Crippen molar-refractivity contribution >= 4 is 12.2 Å². The molecule has 0 aliphatic rings. The Morgan fingerprint density at radius 3 is 2.42 bits per heavy atom. The minimum absolute atomic E-state index is 0.0767. The number of nitriles is 1. The average molecular weight is 438 g/mol. The van der Waals surface area contributed by atoms with Crippen LogP contribution in [0.3, 0.4) is 0 Å². The first-order valence-corrected chi connectivity index (χ1v) is 8.57. The summed E-state index contributed by atoms with van der Waals surface area (Å²) in [5, 5.41) is 18.6. The van der Waals surface area contributed by atoms with Gasteiger partial charge >= 0.3 is 12.4 Å². The van der Waals surface area contributed by atoms with Crippen LogP contribution in [-0.2, 0) is 19.0 Å². The van der Waals surface area contributed by atoms with Crippen molar-refractivity contribution in [2.24, 2.45) is 0 Å². The van der Waals surface area contributed by atoms with E-state index in [0.29, 0.717) is 23.8 Å². The second kappa shape index (κ2) is 8.51. The van der Waals surface area contributed by atoms with E-state index in [-0.39, 0.29) is 17.1 Å². The van der Waals surface area contributed by atoms with E-state index in [2.05, 4.69) is 15.4 Å². The van der Waals surface area contributed by atoms with Crippen LogP contribution in [0, 0.1) is 11.3 Å². The minimum Gasteiger partial charge on any atom is -0.489 e. The van der Waals surface area contributed by atoms with Crippen molar-refractivity contribution in [1.29, 1.82) is 5.26 Å². The summed E-state index contributed by atoms with van der Waals surface area (Å²) >= 11 is 0.